The smallest absolute Gasteiger partial charge is 0.234 e. The molecule has 7 heavy (non-hydrogen) atoms. The maximum absolute atomic E-state index is 9.75. The summed E-state index contributed by atoms with van der Waals surface area (Å²) in [5.41, 5.74) is 0. The predicted molar refractivity (Wildman–Crippen MR) is 30.6 cm³/mol. The van der Waals surface area contributed by atoms with Gasteiger partial charge >= 0.3 is 0 Å². The Kier molecular flexibility index (Phi) is 2.78. The molecule has 0 fully saturated rings. The van der Waals surface area contributed by atoms with Gasteiger partial charge in [-0.05, 0) is 12.8 Å². The first-order valence-corrected chi connectivity index (χ1v) is 2.19. The van der Waals surface area contributed by atoms with Gasteiger partial charge in [0.25, 0.3) is 0 Å². The van der Waals surface area contributed by atoms with Crippen molar-refractivity contribution in [3.05, 3.63) is 0 Å². The molecule has 0 aliphatic heterocycles. The predicted octanol–water partition coefficient (Wildman–Crippen LogP) is -0.234. The zero-order valence-electron chi connectivity index (χ0n) is 4.33. The van der Waals surface area contributed by atoms with E-state index < -0.39 is 0 Å². The summed E-state index contributed by atoms with van der Waals surface area (Å²) in [7, 11) is 3.45. The molecule has 0 aromatic rings. The fourth-order valence-corrected chi connectivity index (χ4v) is 0.0943. The Hall–Kier alpha value is -0.220. The third kappa shape index (κ3) is 2.47. The van der Waals surface area contributed by atoms with Crippen LogP contribution in [0.5, 0.6) is 0 Å². The van der Waals surface area contributed by atoms with E-state index in [0.717, 1.165) is 4.41 Å². The monoisotopic (exact) mass is 120 g/mol. The van der Waals surface area contributed by atoms with Crippen molar-refractivity contribution in [2.24, 2.45) is 0 Å². The second kappa shape index (κ2) is 2.87. The molecule has 0 N–H and O–H groups in total. The summed E-state index contributed by atoms with van der Waals surface area (Å²) >= 11 is 3.72. The lowest BCUT2D eigenvalue weighted by atomic mass is 11.1. The first kappa shape index (κ1) is 6.78. The van der Waals surface area contributed by atoms with Crippen LogP contribution in [-0.2, 0) is 4.79 Å². The summed E-state index contributed by atoms with van der Waals surface area (Å²) in [6.07, 6.45) is 0.614. The summed E-state index contributed by atoms with van der Waals surface area (Å²) in [6.45, 7) is 0. The Bertz CT molecular complexity index is 66.0. The Morgan fingerprint density at radius 2 is 2.00 bits per heavy atom. The fourth-order valence-electron chi connectivity index (χ4n) is 0.0943. The topological polar surface area (TPSA) is 23.6 Å². The zero-order chi connectivity index (χ0) is 5.86. The Balaban J connectivity index is 3.33. The van der Waals surface area contributed by atoms with E-state index in [0.29, 0.717) is 6.41 Å². The van der Waals surface area contributed by atoms with Crippen LogP contribution in [-0.4, -0.2) is 29.9 Å². The number of rotatable bonds is 2. The van der Waals surface area contributed by atoms with Crippen LogP contribution in [0.25, 0.3) is 0 Å². The van der Waals surface area contributed by atoms with Gasteiger partial charge in [-0.15, -0.1) is 0 Å². The van der Waals surface area contributed by atoms with E-state index >= 15 is 0 Å². The van der Waals surface area contributed by atoms with Crippen LogP contribution in [0.15, 0.2) is 0 Å². The highest BCUT2D eigenvalue weighted by molar-refractivity contribution is 7.78. The normalized spacial score (nSPS) is 9.14. The lowest BCUT2D eigenvalue weighted by molar-refractivity contribution is -0.120. The van der Waals surface area contributed by atoms with Gasteiger partial charge in [-0.1, -0.05) is 0 Å². The van der Waals surface area contributed by atoms with Crippen LogP contribution in [0.4, 0.5) is 0 Å². The van der Waals surface area contributed by atoms with E-state index in [1.807, 2.05) is 0 Å². The quantitative estimate of drug-likeness (QED) is 0.309. The standard InChI is InChI=1S/C3H8N2OS/c1-4(2)5(7)3-6/h3,7H,1-2H3. The second-order valence-corrected chi connectivity index (χ2v) is 1.68. The van der Waals surface area contributed by atoms with Crippen LogP contribution in [0.1, 0.15) is 0 Å². The van der Waals surface area contributed by atoms with Crippen LogP contribution >= 0.6 is 12.8 Å². The molecule has 0 bridgehead atoms. The zero-order valence-corrected chi connectivity index (χ0v) is 5.22. The molecule has 0 aromatic heterocycles. The third-order valence-corrected chi connectivity index (χ3v) is 0.956. The largest absolute Gasteiger partial charge is 0.276 e. The average Bonchev–Trinajstić information content (AvgIpc) is 1.65. The van der Waals surface area contributed by atoms with E-state index in [1.54, 1.807) is 19.1 Å². The molecule has 0 unspecified atom stereocenters. The van der Waals surface area contributed by atoms with E-state index in [4.69, 9.17) is 0 Å². The van der Waals surface area contributed by atoms with E-state index in [1.165, 1.54) is 0 Å². The minimum atomic E-state index is 0.614. The van der Waals surface area contributed by atoms with E-state index in [2.05, 4.69) is 12.8 Å². The highest BCUT2D eigenvalue weighted by Gasteiger charge is 1.91. The minimum absolute atomic E-state index is 0.614. The Labute approximate surface area is 48.4 Å². The van der Waals surface area contributed by atoms with Gasteiger partial charge in [0, 0.05) is 14.1 Å². The van der Waals surface area contributed by atoms with Crippen LogP contribution in [0.3, 0.4) is 0 Å². The van der Waals surface area contributed by atoms with Crippen molar-refractivity contribution < 1.29 is 4.79 Å². The molecule has 4 heteroatoms. The van der Waals surface area contributed by atoms with Gasteiger partial charge in [0.2, 0.25) is 6.41 Å². The molecule has 0 rings (SSSR count). The Morgan fingerprint density at radius 3 is 2.00 bits per heavy atom. The van der Waals surface area contributed by atoms with Gasteiger partial charge in [-0.25, -0.2) is 9.42 Å². The number of hydrazine groups is 1. The fraction of sp³-hybridized carbons (Fsp3) is 0.667. The highest BCUT2D eigenvalue weighted by Crippen LogP contribution is 1.86. The molecule has 0 aliphatic rings. The van der Waals surface area contributed by atoms with E-state index in [-0.39, 0.29) is 0 Å². The summed E-state index contributed by atoms with van der Waals surface area (Å²) in [4.78, 5) is 9.75. The number of carbonyl (C=O) groups is 1. The number of thiol groups is 1. The van der Waals surface area contributed by atoms with Crippen molar-refractivity contribution >= 4 is 19.2 Å². The number of amides is 1. The van der Waals surface area contributed by atoms with Gasteiger partial charge < -0.3 is 0 Å². The molecule has 1 amide bonds. The SMILES string of the molecule is CN(C)N(S)C=O. The highest BCUT2D eigenvalue weighted by atomic mass is 32.1. The van der Waals surface area contributed by atoms with Crippen molar-refractivity contribution in [1.82, 2.24) is 9.42 Å². The van der Waals surface area contributed by atoms with Crippen molar-refractivity contribution in [2.75, 3.05) is 14.1 Å². The van der Waals surface area contributed by atoms with Crippen molar-refractivity contribution in [3.8, 4) is 0 Å². The Morgan fingerprint density at radius 1 is 1.57 bits per heavy atom. The molecule has 3 nitrogen and oxygen atoms in total. The minimum Gasteiger partial charge on any atom is -0.276 e. The average molecular weight is 120 g/mol. The van der Waals surface area contributed by atoms with Crippen LogP contribution in [0.2, 0.25) is 0 Å². The van der Waals surface area contributed by atoms with Gasteiger partial charge in [-0.3, -0.25) is 4.79 Å². The third-order valence-electron chi connectivity index (χ3n) is 0.504. The maximum atomic E-state index is 9.75. The first-order valence-electron chi connectivity index (χ1n) is 1.79. The molecule has 0 atom stereocenters. The van der Waals surface area contributed by atoms with Crippen molar-refractivity contribution in [3.63, 3.8) is 0 Å². The lowest BCUT2D eigenvalue weighted by Crippen LogP contribution is -2.26. The number of hydrogen-bond acceptors (Lipinski definition) is 3. The van der Waals surface area contributed by atoms with Crippen LogP contribution in [0, 0.1) is 0 Å². The number of hydrogen-bond donors (Lipinski definition) is 1. The van der Waals surface area contributed by atoms with E-state index in [9.17, 15) is 4.79 Å². The first-order chi connectivity index (χ1) is 3.18. The molecular formula is C3H8N2OS. The summed E-state index contributed by atoms with van der Waals surface area (Å²) < 4.78 is 1.14. The molecule has 0 radical (unpaired) electrons. The summed E-state index contributed by atoms with van der Waals surface area (Å²) in [6, 6.07) is 0. The second-order valence-electron chi connectivity index (χ2n) is 1.27. The molecule has 0 saturated heterocycles. The lowest BCUT2D eigenvalue weighted by Gasteiger charge is -2.15. The van der Waals surface area contributed by atoms with Gasteiger partial charge in [0.05, 0.1) is 0 Å². The van der Waals surface area contributed by atoms with Crippen LogP contribution < -0.4 is 0 Å². The molecule has 0 saturated carbocycles. The molecule has 0 spiro atoms. The van der Waals surface area contributed by atoms with Crippen molar-refractivity contribution in [2.45, 2.75) is 0 Å². The summed E-state index contributed by atoms with van der Waals surface area (Å²) in [5.74, 6) is 0. The summed E-state index contributed by atoms with van der Waals surface area (Å²) in [5, 5.41) is 1.55. The van der Waals surface area contributed by atoms with Gasteiger partial charge in [0.1, 0.15) is 0 Å². The number of nitrogens with zero attached hydrogens (tertiary/aromatic N) is 2. The molecule has 42 valence electrons. The van der Waals surface area contributed by atoms with Crippen molar-refractivity contribution in [1.29, 1.82) is 0 Å². The molecule has 0 aromatic carbocycles. The maximum Gasteiger partial charge on any atom is 0.234 e. The molecule has 0 aliphatic carbocycles. The van der Waals surface area contributed by atoms with Gasteiger partial charge in [0.15, 0.2) is 0 Å². The molecular weight excluding hydrogens is 112 g/mol. The molecule has 0 heterocycles. The number of carbonyl (C=O) groups excluding carboxylic acids is 1. The van der Waals surface area contributed by atoms with Gasteiger partial charge in [-0.2, -0.15) is 0 Å².